The molecule has 17 heavy (non-hydrogen) atoms. The Morgan fingerprint density at radius 2 is 2.06 bits per heavy atom. The quantitative estimate of drug-likeness (QED) is 0.770. The SMILES string of the molecule is CCC(C)NC(=O)C(C)NC1CC2CCC1C2. The predicted octanol–water partition coefficient (Wildman–Crippen LogP) is 2.07. The summed E-state index contributed by atoms with van der Waals surface area (Å²) in [7, 11) is 0. The number of nitrogens with one attached hydrogen (secondary N) is 2. The lowest BCUT2D eigenvalue weighted by atomic mass is 9.95. The van der Waals surface area contributed by atoms with Crippen LogP contribution in [0.1, 0.15) is 52.9 Å². The molecule has 0 heterocycles. The molecule has 2 aliphatic carbocycles. The molecule has 2 rings (SSSR count). The van der Waals surface area contributed by atoms with Gasteiger partial charge in [0.2, 0.25) is 5.91 Å². The number of hydrogen-bond donors (Lipinski definition) is 2. The summed E-state index contributed by atoms with van der Waals surface area (Å²) in [5.41, 5.74) is 0. The number of amides is 1. The van der Waals surface area contributed by atoms with E-state index in [0.29, 0.717) is 6.04 Å². The van der Waals surface area contributed by atoms with Crippen LogP contribution < -0.4 is 10.6 Å². The first-order valence-corrected chi connectivity index (χ1v) is 7.16. The molecule has 2 N–H and O–H groups in total. The first-order chi connectivity index (χ1) is 8.10. The van der Waals surface area contributed by atoms with Gasteiger partial charge in [0, 0.05) is 12.1 Å². The number of hydrogen-bond acceptors (Lipinski definition) is 2. The van der Waals surface area contributed by atoms with Gasteiger partial charge in [-0.15, -0.1) is 0 Å². The molecule has 0 aliphatic heterocycles. The van der Waals surface area contributed by atoms with Gasteiger partial charge >= 0.3 is 0 Å². The Hall–Kier alpha value is -0.570. The highest BCUT2D eigenvalue weighted by atomic mass is 16.2. The first-order valence-electron chi connectivity index (χ1n) is 7.16. The van der Waals surface area contributed by atoms with Crippen LogP contribution in [0.25, 0.3) is 0 Å². The third kappa shape index (κ3) is 3.01. The summed E-state index contributed by atoms with van der Waals surface area (Å²) in [6.07, 6.45) is 6.44. The molecule has 1 amide bonds. The van der Waals surface area contributed by atoms with E-state index >= 15 is 0 Å². The zero-order valence-corrected chi connectivity index (χ0v) is 11.3. The number of carbonyl (C=O) groups excluding carboxylic acids is 1. The molecule has 0 spiro atoms. The van der Waals surface area contributed by atoms with Crippen molar-refractivity contribution >= 4 is 5.91 Å². The number of fused-ring (bicyclic) bond motifs is 2. The van der Waals surface area contributed by atoms with E-state index in [9.17, 15) is 4.79 Å². The first kappa shape index (κ1) is 12.9. The number of rotatable bonds is 5. The molecule has 2 fully saturated rings. The summed E-state index contributed by atoms with van der Waals surface area (Å²) in [6, 6.07) is 0.826. The molecule has 0 saturated heterocycles. The Morgan fingerprint density at radius 3 is 2.59 bits per heavy atom. The third-order valence-corrected chi connectivity index (χ3v) is 4.60. The monoisotopic (exact) mass is 238 g/mol. The Bertz CT molecular complexity index is 279. The van der Waals surface area contributed by atoms with Gasteiger partial charge < -0.3 is 10.6 Å². The molecule has 0 aromatic carbocycles. The lowest BCUT2D eigenvalue weighted by Crippen LogP contribution is -2.50. The maximum Gasteiger partial charge on any atom is 0.237 e. The fraction of sp³-hybridized carbons (Fsp3) is 0.929. The molecule has 2 bridgehead atoms. The summed E-state index contributed by atoms with van der Waals surface area (Å²) in [5, 5.41) is 6.57. The molecule has 0 aromatic heterocycles. The fourth-order valence-electron chi connectivity index (χ4n) is 3.32. The average molecular weight is 238 g/mol. The zero-order chi connectivity index (χ0) is 12.4. The summed E-state index contributed by atoms with van der Waals surface area (Å²) < 4.78 is 0. The molecule has 0 radical (unpaired) electrons. The Kier molecular flexibility index (Phi) is 4.08. The van der Waals surface area contributed by atoms with Crippen LogP contribution in [0.15, 0.2) is 0 Å². The van der Waals surface area contributed by atoms with Gasteiger partial charge in [0.25, 0.3) is 0 Å². The third-order valence-electron chi connectivity index (χ3n) is 4.60. The van der Waals surface area contributed by atoms with Crippen LogP contribution in [0.4, 0.5) is 0 Å². The summed E-state index contributed by atoms with van der Waals surface area (Å²) in [6.45, 7) is 6.14. The molecule has 0 aromatic rings. The van der Waals surface area contributed by atoms with Crippen molar-refractivity contribution < 1.29 is 4.79 Å². The van der Waals surface area contributed by atoms with Crippen molar-refractivity contribution in [1.82, 2.24) is 10.6 Å². The topological polar surface area (TPSA) is 41.1 Å². The largest absolute Gasteiger partial charge is 0.352 e. The maximum atomic E-state index is 11.9. The minimum atomic E-state index is -0.0478. The molecule has 3 heteroatoms. The Labute approximate surface area is 105 Å². The van der Waals surface area contributed by atoms with Crippen LogP contribution in [-0.4, -0.2) is 24.0 Å². The van der Waals surface area contributed by atoms with E-state index in [4.69, 9.17) is 0 Å². The zero-order valence-electron chi connectivity index (χ0n) is 11.3. The van der Waals surface area contributed by atoms with Crippen LogP contribution in [0.3, 0.4) is 0 Å². The molecule has 98 valence electrons. The molecule has 5 atom stereocenters. The maximum absolute atomic E-state index is 11.9. The van der Waals surface area contributed by atoms with Crippen molar-refractivity contribution in [2.75, 3.05) is 0 Å². The molecule has 2 saturated carbocycles. The Morgan fingerprint density at radius 1 is 1.29 bits per heavy atom. The van der Waals surface area contributed by atoms with Crippen molar-refractivity contribution in [3.63, 3.8) is 0 Å². The summed E-state index contributed by atoms with van der Waals surface area (Å²) in [5.74, 6) is 1.92. The van der Waals surface area contributed by atoms with Crippen LogP contribution in [0.2, 0.25) is 0 Å². The van der Waals surface area contributed by atoms with Gasteiger partial charge in [-0.3, -0.25) is 4.79 Å². The normalized spacial score (nSPS) is 34.6. The average Bonchev–Trinajstić information content (AvgIpc) is 2.90. The molecule has 2 aliphatic rings. The van der Waals surface area contributed by atoms with E-state index in [1.807, 2.05) is 6.92 Å². The Balaban J connectivity index is 1.77. The van der Waals surface area contributed by atoms with Crippen LogP contribution in [0, 0.1) is 11.8 Å². The second-order valence-electron chi connectivity index (χ2n) is 5.99. The molecule has 3 nitrogen and oxygen atoms in total. The van der Waals surface area contributed by atoms with Crippen LogP contribution in [0.5, 0.6) is 0 Å². The van der Waals surface area contributed by atoms with E-state index in [0.717, 1.165) is 18.3 Å². The highest BCUT2D eigenvalue weighted by molar-refractivity contribution is 5.81. The van der Waals surface area contributed by atoms with Crippen molar-refractivity contribution in [2.24, 2.45) is 11.8 Å². The smallest absolute Gasteiger partial charge is 0.237 e. The summed E-state index contributed by atoms with van der Waals surface area (Å²) >= 11 is 0. The predicted molar refractivity (Wildman–Crippen MR) is 69.7 cm³/mol. The van der Waals surface area contributed by atoms with Gasteiger partial charge in [0.15, 0.2) is 0 Å². The second-order valence-corrected chi connectivity index (χ2v) is 5.99. The van der Waals surface area contributed by atoms with E-state index in [-0.39, 0.29) is 18.0 Å². The van der Waals surface area contributed by atoms with Crippen LogP contribution in [-0.2, 0) is 4.79 Å². The van der Waals surface area contributed by atoms with Crippen molar-refractivity contribution in [1.29, 1.82) is 0 Å². The van der Waals surface area contributed by atoms with E-state index in [1.165, 1.54) is 25.7 Å². The van der Waals surface area contributed by atoms with Gasteiger partial charge in [-0.2, -0.15) is 0 Å². The van der Waals surface area contributed by atoms with Gasteiger partial charge in [-0.05, 0) is 51.4 Å². The standard InChI is InChI=1S/C14H26N2O/c1-4-9(2)15-14(17)10(3)16-13-8-11-5-6-12(13)7-11/h9-13,16H,4-8H2,1-3H3,(H,15,17). The lowest BCUT2D eigenvalue weighted by Gasteiger charge is -2.27. The molecule has 5 unspecified atom stereocenters. The van der Waals surface area contributed by atoms with Crippen molar-refractivity contribution in [2.45, 2.75) is 71.0 Å². The van der Waals surface area contributed by atoms with Gasteiger partial charge in [0.1, 0.15) is 0 Å². The van der Waals surface area contributed by atoms with E-state index in [1.54, 1.807) is 0 Å². The summed E-state index contributed by atoms with van der Waals surface area (Å²) in [4.78, 5) is 11.9. The van der Waals surface area contributed by atoms with Crippen molar-refractivity contribution in [3.05, 3.63) is 0 Å². The highest BCUT2D eigenvalue weighted by Crippen LogP contribution is 2.44. The second kappa shape index (κ2) is 5.38. The fourth-order valence-corrected chi connectivity index (χ4v) is 3.32. The highest BCUT2D eigenvalue weighted by Gasteiger charge is 2.40. The molecular formula is C14H26N2O. The number of carbonyl (C=O) groups is 1. The van der Waals surface area contributed by atoms with Gasteiger partial charge in [-0.25, -0.2) is 0 Å². The lowest BCUT2D eigenvalue weighted by molar-refractivity contribution is -0.123. The van der Waals surface area contributed by atoms with Crippen molar-refractivity contribution in [3.8, 4) is 0 Å². The van der Waals surface area contributed by atoms with E-state index in [2.05, 4.69) is 24.5 Å². The minimum absolute atomic E-state index is 0.0478. The molecular weight excluding hydrogens is 212 g/mol. The minimum Gasteiger partial charge on any atom is -0.352 e. The van der Waals surface area contributed by atoms with Crippen LogP contribution >= 0.6 is 0 Å². The van der Waals surface area contributed by atoms with Gasteiger partial charge in [0.05, 0.1) is 6.04 Å². The van der Waals surface area contributed by atoms with Gasteiger partial charge in [-0.1, -0.05) is 13.3 Å². The van der Waals surface area contributed by atoms with E-state index < -0.39 is 0 Å².